The van der Waals surface area contributed by atoms with Crippen LogP contribution in [-0.2, 0) is 32.1 Å². The van der Waals surface area contributed by atoms with Crippen LogP contribution in [-0.4, -0.2) is 46.5 Å². The molecule has 1 unspecified atom stereocenters. The third-order valence-corrected chi connectivity index (χ3v) is 6.34. The van der Waals surface area contributed by atoms with Gasteiger partial charge in [0.2, 0.25) is 23.5 Å². The SMILES string of the molecule is C#CCC(NC(=O)C1CCC(F)(F)CC1)C(=O)N[C@H](Cc1ccccc1)C(=O)C(=O)NCc1ccccn1. The standard InChI is InChI=1S/C28H30F2N4O4/c1-2-8-22(33-25(36)20-12-14-28(29,30)15-13-20)26(37)34-23(17-19-9-4-3-5-10-19)24(35)27(38)32-18-21-11-6-7-16-31-21/h1,3-7,9-11,16,20,22-23H,8,12-15,17-18H2,(H,32,38)(H,33,36)(H,34,37)/t22?,23-/m1/s1. The molecule has 1 aromatic carbocycles. The van der Waals surface area contributed by atoms with E-state index in [0.29, 0.717) is 11.3 Å². The fourth-order valence-corrected chi connectivity index (χ4v) is 4.17. The number of terminal acetylenes is 1. The Balaban J connectivity index is 1.68. The number of pyridine rings is 1. The second-order valence-electron chi connectivity index (χ2n) is 9.22. The van der Waals surface area contributed by atoms with Crippen LogP contribution in [0.3, 0.4) is 0 Å². The number of hydrogen-bond acceptors (Lipinski definition) is 5. The molecular formula is C28H30F2N4O4. The van der Waals surface area contributed by atoms with Gasteiger partial charge in [0.25, 0.3) is 5.91 Å². The van der Waals surface area contributed by atoms with E-state index in [-0.39, 0.29) is 32.2 Å². The van der Waals surface area contributed by atoms with Gasteiger partial charge in [-0.05, 0) is 30.5 Å². The predicted octanol–water partition coefficient (Wildman–Crippen LogP) is 2.33. The zero-order chi connectivity index (χ0) is 27.5. The number of alkyl halides is 2. The molecule has 1 aliphatic rings. The van der Waals surface area contributed by atoms with Gasteiger partial charge < -0.3 is 16.0 Å². The van der Waals surface area contributed by atoms with Crippen molar-refractivity contribution < 1.29 is 28.0 Å². The van der Waals surface area contributed by atoms with Crippen LogP contribution < -0.4 is 16.0 Å². The maximum atomic E-state index is 13.5. The van der Waals surface area contributed by atoms with Gasteiger partial charge in [-0.2, -0.15) is 0 Å². The Morgan fingerprint density at radius 3 is 2.32 bits per heavy atom. The van der Waals surface area contributed by atoms with Crippen molar-refractivity contribution >= 4 is 23.5 Å². The molecule has 0 bridgehead atoms. The quantitative estimate of drug-likeness (QED) is 0.308. The Morgan fingerprint density at radius 2 is 1.68 bits per heavy atom. The number of carbonyl (C=O) groups is 4. The molecule has 3 amide bonds. The smallest absolute Gasteiger partial charge is 0.289 e. The molecule has 1 aliphatic carbocycles. The van der Waals surface area contributed by atoms with E-state index in [9.17, 15) is 28.0 Å². The van der Waals surface area contributed by atoms with Gasteiger partial charge in [0.05, 0.1) is 12.2 Å². The molecule has 0 radical (unpaired) electrons. The molecule has 2 atom stereocenters. The summed E-state index contributed by atoms with van der Waals surface area (Å²) in [4.78, 5) is 55.6. The Kier molecular flexibility index (Phi) is 10.0. The van der Waals surface area contributed by atoms with Crippen molar-refractivity contribution in [3.63, 3.8) is 0 Å². The molecule has 1 heterocycles. The molecule has 0 spiro atoms. The number of nitrogens with zero attached hydrogens (tertiary/aromatic N) is 1. The van der Waals surface area contributed by atoms with Crippen LogP contribution in [0, 0.1) is 18.3 Å². The van der Waals surface area contributed by atoms with Gasteiger partial charge in [0.15, 0.2) is 0 Å². The maximum absolute atomic E-state index is 13.5. The largest absolute Gasteiger partial charge is 0.344 e. The number of rotatable bonds is 11. The first kappa shape index (κ1) is 28.4. The van der Waals surface area contributed by atoms with Crippen LogP contribution in [0.25, 0.3) is 0 Å². The molecule has 0 aliphatic heterocycles. The zero-order valence-electron chi connectivity index (χ0n) is 20.8. The molecule has 200 valence electrons. The normalized spacial score (nSPS) is 16.3. The fourth-order valence-electron chi connectivity index (χ4n) is 4.17. The Hall–Kier alpha value is -4.13. The molecule has 10 heteroatoms. The molecule has 3 rings (SSSR count). The van der Waals surface area contributed by atoms with E-state index in [4.69, 9.17) is 6.42 Å². The average Bonchev–Trinajstić information content (AvgIpc) is 2.91. The Labute approximate surface area is 220 Å². The van der Waals surface area contributed by atoms with Crippen LogP contribution in [0.2, 0.25) is 0 Å². The van der Waals surface area contributed by atoms with Crippen LogP contribution in [0.15, 0.2) is 54.7 Å². The highest BCUT2D eigenvalue weighted by Gasteiger charge is 2.38. The van der Waals surface area contributed by atoms with Crippen LogP contribution in [0.1, 0.15) is 43.4 Å². The van der Waals surface area contributed by atoms with Crippen molar-refractivity contribution in [1.82, 2.24) is 20.9 Å². The molecule has 38 heavy (non-hydrogen) atoms. The highest BCUT2D eigenvalue weighted by molar-refractivity contribution is 6.38. The lowest BCUT2D eigenvalue weighted by molar-refractivity contribution is -0.140. The van der Waals surface area contributed by atoms with E-state index in [1.165, 1.54) is 0 Å². The zero-order valence-corrected chi connectivity index (χ0v) is 20.8. The van der Waals surface area contributed by atoms with E-state index < -0.39 is 60.3 Å². The first-order chi connectivity index (χ1) is 18.2. The second-order valence-corrected chi connectivity index (χ2v) is 9.22. The van der Waals surface area contributed by atoms with Crippen molar-refractivity contribution in [3.05, 3.63) is 66.0 Å². The minimum Gasteiger partial charge on any atom is -0.344 e. The number of amides is 3. The third kappa shape index (κ3) is 8.47. The van der Waals surface area contributed by atoms with Crippen molar-refractivity contribution in [1.29, 1.82) is 0 Å². The number of halogens is 2. The van der Waals surface area contributed by atoms with Crippen molar-refractivity contribution in [2.45, 2.75) is 63.1 Å². The van der Waals surface area contributed by atoms with E-state index in [1.807, 2.05) is 0 Å². The van der Waals surface area contributed by atoms with Gasteiger partial charge in [0, 0.05) is 37.8 Å². The highest BCUT2D eigenvalue weighted by Crippen LogP contribution is 2.36. The number of aromatic nitrogens is 1. The van der Waals surface area contributed by atoms with Crippen LogP contribution in [0.5, 0.6) is 0 Å². The van der Waals surface area contributed by atoms with E-state index in [0.717, 1.165) is 0 Å². The van der Waals surface area contributed by atoms with Gasteiger partial charge in [-0.15, -0.1) is 12.3 Å². The van der Waals surface area contributed by atoms with Gasteiger partial charge in [-0.1, -0.05) is 36.4 Å². The number of nitrogens with one attached hydrogen (secondary N) is 3. The Morgan fingerprint density at radius 1 is 1.00 bits per heavy atom. The summed E-state index contributed by atoms with van der Waals surface area (Å²) in [6, 6.07) is 11.5. The van der Waals surface area contributed by atoms with Crippen molar-refractivity contribution in [2.75, 3.05) is 0 Å². The molecule has 1 fully saturated rings. The summed E-state index contributed by atoms with van der Waals surface area (Å²) in [5, 5.41) is 7.60. The van der Waals surface area contributed by atoms with E-state index >= 15 is 0 Å². The van der Waals surface area contributed by atoms with Crippen LogP contribution >= 0.6 is 0 Å². The summed E-state index contributed by atoms with van der Waals surface area (Å²) in [5.41, 5.74) is 1.25. The van der Waals surface area contributed by atoms with Gasteiger partial charge in [0.1, 0.15) is 12.1 Å². The Bertz CT molecular complexity index is 1160. The van der Waals surface area contributed by atoms with Crippen LogP contribution in [0.4, 0.5) is 8.78 Å². The minimum absolute atomic E-state index is 0.00517. The molecular weight excluding hydrogens is 494 g/mol. The highest BCUT2D eigenvalue weighted by atomic mass is 19.3. The lowest BCUT2D eigenvalue weighted by atomic mass is 9.86. The molecule has 1 aromatic heterocycles. The summed E-state index contributed by atoms with van der Waals surface area (Å²) in [7, 11) is 0. The summed E-state index contributed by atoms with van der Waals surface area (Å²) >= 11 is 0. The summed E-state index contributed by atoms with van der Waals surface area (Å²) < 4.78 is 27.0. The summed E-state index contributed by atoms with van der Waals surface area (Å²) in [6.45, 7) is 0.0215. The van der Waals surface area contributed by atoms with Gasteiger partial charge in [-0.3, -0.25) is 24.2 Å². The second kappa shape index (κ2) is 13.4. The predicted molar refractivity (Wildman–Crippen MR) is 135 cm³/mol. The van der Waals surface area contributed by atoms with Gasteiger partial charge >= 0.3 is 0 Å². The minimum atomic E-state index is -2.80. The number of hydrogen-bond donors (Lipinski definition) is 3. The summed E-state index contributed by atoms with van der Waals surface area (Å²) in [5.74, 6) is -4.22. The number of carbonyl (C=O) groups excluding carboxylic acids is 4. The van der Waals surface area contributed by atoms with Crippen molar-refractivity contribution in [2.24, 2.45) is 5.92 Å². The topological polar surface area (TPSA) is 117 Å². The molecule has 3 N–H and O–H groups in total. The monoisotopic (exact) mass is 524 g/mol. The third-order valence-electron chi connectivity index (χ3n) is 6.34. The average molecular weight is 525 g/mol. The first-order valence-corrected chi connectivity index (χ1v) is 12.4. The lowest BCUT2D eigenvalue weighted by Crippen LogP contribution is -2.55. The first-order valence-electron chi connectivity index (χ1n) is 12.4. The molecule has 0 saturated heterocycles. The van der Waals surface area contributed by atoms with E-state index in [2.05, 4.69) is 26.9 Å². The molecule has 1 saturated carbocycles. The number of benzene rings is 1. The van der Waals surface area contributed by atoms with Crippen molar-refractivity contribution in [3.8, 4) is 12.3 Å². The molecule has 2 aromatic rings. The fraction of sp³-hybridized carbons (Fsp3) is 0.393. The number of Topliss-reactive ketones (excluding diaryl/α,β-unsaturated/α-hetero) is 1. The van der Waals surface area contributed by atoms with E-state index in [1.54, 1.807) is 54.7 Å². The lowest BCUT2D eigenvalue weighted by Gasteiger charge is -2.29. The molecule has 8 nitrogen and oxygen atoms in total. The maximum Gasteiger partial charge on any atom is 0.289 e. The number of ketones is 1. The summed E-state index contributed by atoms with van der Waals surface area (Å²) in [6.07, 6.45) is 5.98. The van der Waals surface area contributed by atoms with Gasteiger partial charge in [-0.25, -0.2) is 8.78 Å².